The SMILES string of the molecule is CCC1CCC(c2cnc(C(C)(C)CC)o2)CC1. The summed E-state index contributed by atoms with van der Waals surface area (Å²) in [7, 11) is 0. The fourth-order valence-electron chi connectivity index (χ4n) is 2.79. The Hall–Kier alpha value is -0.790. The van der Waals surface area contributed by atoms with Crippen LogP contribution in [0, 0.1) is 5.92 Å². The van der Waals surface area contributed by atoms with Crippen molar-refractivity contribution in [3.63, 3.8) is 0 Å². The number of aromatic nitrogens is 1. The van der Waals surface area contributed by atoms with Crippen LogP contribution in [-0.4, -0.2) is 4.98 Å². The summed E-state index contributed by atoms with van der Waals surface area (Å²) in [5.41, 5.74) is 0.0683. The molecule has 0 spiro atoms. The fraction of sp³-hybridized carbons (Fsp3) is 0.812. The van der Waals surface area contributed by atoms with Gasteiger partial charge >= 0.3 is 0 Å². The molecule has 0 amide bonds. The van der Waals surface area contributed by atoms with E-state index in [1.165, 1.54) is 32.1 Å². The molecule has 0 radical (unpaired) electrons. The summed E-state index contributed by atoms with van der Waals surface area (Å²) < 4.78 is 6.04. The van der Waals surface area contributed by atoms with E-state index in [0.717, 1.165) is 24.0 Å². The lowest BCUT2D eigenvalue weighted by molar-refractivity contribution is 0.275. The van der Waals surface area contributed by atoms with Gasteiger partial charge in [-0.2, -0.15) is 0 Å². The Balaban J connectivity index is 2.03. The summed E-state index contributed by atoms with van der Waals surface area (Å²) in [5.74, 6) is 3.59. The van der Waals surface area contributed by atoms with Gasteiger partial charge in [0.15, 0.2) is 5.89 Å². The van der Waals surface area contributed by atoms with Crippen molar-refractivity contribution in [3.8, 4) is 0 Å². The maximum Gasteiger partial charge on any atom is 0.200 e. The van der Waals surface area contributed by atoms with Gasteiger partial charge < -0.3 is 4.42 Å². The Morgan fingerprint density at radius 1 is 1.22 bits per heavy atom. The number of oxazole rings is 1. The molecule has 1 aromatic heterocycles. The molecule has 2 heteroatoms. The normalized spacial score (nSPS) is 25.3. The second-order valence-corrected chi connectivity index (χ2v) is 6.43. The summed E-state index contributed by atoms with van der Waals surface area (Å²) in [4.78, 5) is 4.51. The number of nitrogens with zero attached hydrogens (tertiary/aromatic N) is 1. The van der Waals surface area contributed by atoms with E-state index in [2.05, 4.69) is 32.7 Å². The average Bonchev–Trinajstić information content (AvgIpc) is 2.89. The molecule has 2 rings (SSSR count). The Labute approximate surface area is 111 Å². The van der Waals surface area contributed by atoms with Crippen molar-refractivity contribution < 1.29 is 4.42 Å². The summed E-state index contributed by atoms with van der Waals surface area (Å²) in [5, 5.41) is 0. The molecule has 1 aliphatic rings. The zero-order valence-electron chi connectivity index (χ0n) is 12.3. The van der Waals surface area contributed by atoms with E-state index in [4.69, 9.17) is 4.42 Å². The first kappa shape index (κ1) is 13.6. The number of rotatable bonds is 4. The van der Waals surface area contributed by atoms with Crippen molar-refractivity contribution in [1.82, 2.24) is 4.98 Å². The largest absolute Gasteiger partial charge is 0.445 e. The van der Waals surface area contributed by atoms with Crippen LogP contribution < -0.4 is 0 Å². The molecule has 0 aromatic carbocycles. The standard InChI is InChI=1S/C16H27NO/c1-5-12-7-9-13(10-8-12)14-11-17-15(18-14)16(3,4)6-2/h11-13H,5-10H2,1-4H3. The van der Waals surface area contributed by atoms with Crippen LogP contribution in [0.25, 0.3) is 0 Å². The maximum atomic E-state index is 6.04. The summed E-state index contributed by atoms with van der Waals surface area (Å²) in [6.07, 6.45) is 9.64. The topological polar surface area (TPSA) is 26.0 Å². The van der Waals surface area contributed by atoms with Crippen molar-refractivity contribution in [2.24, 2.45) is 5.92 Å². The monoisotopic (exact) mass is 249 g/mol. The predicted octanol–water partition coefficient (Wildman–Crippen LogP) is 5.05. The summed E-state index contributed by atoms with van der Waals surface area (Å²) in [6.45, 7) is 8.91. The highest BCUT2D eigenvalue weighted by atomic mass is 16.4. The zero-order valence-corrected chi connectivity index (χ0v) is 12.3. The molecule has 0 atom stereocenters. The van der Waals surface area contributed by atoms with Gasteiger partial charge in [0.2, 0.25) is 0 Å². The van der Waals surface area contributed by atoms with Gasteiger partial charge in [-0.05, 0) is 38.0 Å². The predicted molar refractivity (Wildman–Crippen MR) is 74.8 cm³/mol. The van der Waals surface area contributed by atoms with Gasteiger partial charge in [0.05, 0.1) is 6.20 Å². The highest BCUT2D eigenvalue weighted by Gasteiger charge is 2.28. The minimum Gasteiger partial charge on any atom is -0.445 e. The Kier molecular flexibility index (Phi) is 4.14. The molecule has 0 unspecified atom stereocenters. The molecule has 0 N–H and O–H groups in total. The van der Waals surface area contributed by atoms with Crippen molar-refractivity contribution in [2.75, 3.05) is 0 Å². The molecule has 1 fully saturated rings. The molecular formula is C16H27NO. The molecule has 1 saturated carbocycles. The summed E-state index contributed by atoms with van der Waals surface area (Å²) in [6, 6.07) is 0. The first-order valence-corrected chi connectivity index (χ1v) is 7.53. The highest BCUT2D eigenvalue weighted by molar-refractivity contribution is 5.08. The number of hydrogen-bond donors (Lipinski definition) is 0. The Bertz CT molecular complexity index is 372. The van der Waals surface area contributed by atoms with E-state index in [-0.39, 0.29) is 5.41 Å². The second-order valence-electron chi connectivity index (χ2n) is 6.43. The van der Waals surface area contributed by atoms with Crippen LogP contribution in [0.5, 0.6) is 0 Å². The molecule has 1 aromatic rings. The van der Waals surface area contributed by atoms with E-state index >= 15 is 0 Å². The van der Waals surface area contributed by atoms with E-state index in [1.807, 2.05) is 6.20 Å². The third-order valence-corrected chi connectivity index (χ3v) is 4.81. The highest BCUT2D eigenvalue weighted by Crippen LogP contribution is 2.38. The molecule has 102 valence electrons. The minimum absolute atomic E-state index is 0.0683. The quantitative estimate of drug-likeness (QED) is 0.746. The van der Waals surface area contributed by atoms with Crippen LogP contribution >= 0.6 is 0 Å². The second kappa shape index (κ2) is 5.46. The van der Waals surface area contributed by atoms with Crippen molar-refractivity contribution in [1.29, 1.82) is 0 Å². The van der Waals surface area contributed by atoms with Crippen molar-refractivity contribution in [3.05, 3.63) is 17.8 Å². The van der Waals surface area contributed by atoms with Crippen LogP contribution in [-0.2, 0) is 5.41 Å². The lowest BCUT2D eigenvalue weighted by Gasteiger charge is -2.26. The van der Waals surface area contributed by atoms with Gasteiger partial charge in [-0.25, -0.2) is 4.98 Å². The van der Waals surface area contributed by atoms with E-state index < -0.39 is 0 Å². The van der Waals surface area contributed by atoms with E-state index in [9.17, 15) is 0 Å². The van der Waals surface area contributed by atoms with Crippen molar-refractivity contribution in [2.45, 2.75) is 77.6 Å². The van der Waals surface area contributed by atoms with Crippen LogP contribution in [0.4, 0.5) is 0 Å². The molecule has 0 saturated heterocycles. The average molecular weight is 249 g/mol. The maximum absolute atomic E-state index is 6.04. The zero-order chi connectivity index (χ0) is 13.2. The van der Waals surface area contributed by atoms with Gasteiger partial charge in [-0.1, -0.05) is 34.1 Å². The first-order valence-electron chi connectivity index (χ1n) is 7.53. The van der Waals surface area contributed by atoms with Gasteiger partial charge in [0, 0.05) is 11.3 Å². The van der Waals surface area contributed by atoms with Gasteiger partial charge in [-0.15, -0.1) is 0 Å². The van der Waals surface area contributed by atoms with Crippen molar-refractivity contribution >= 4 is 0 Å². The van der Waals surface area contributed by atoms with Crippen LogP contribution in [0.3, 0.4) is 0 Å². The van der Waals surface area contributed by atoms with E-state index in [0.29, 0.717) is 5.92 Å². The van der Waals surface area contributed by atoms with Gasteiger partial charge in [0.25, 0.3) is 0 Å². The molecule has 1 heterocycles. The van der Waals surface area contributed by atoms with E-state index in [1.54, 1.807) is 0 Å². The number of hydrogen-bond acceptors (Lipinski definition) is 2. The first-order chi connectivity index (χ1) is 8.56. The van der Waals surface area contributed by atoms with Gasteiger partial charge in [-0.3, -0.25) is 0 Å². The Morgan fingerprint density at radius 2 is 1.89 bits per heavy atom. The molecule has 18 heavy (non-hydrogen) atoms. The lowest BCUT2D eigenvalue weighted by Crippen LogP contribution is -2.16. The molecule has 2 nitrogen and oxygen atoms in total. The van der Waals surface area contributed by atoms with Gasteiger partial charge in [0.1, 0.15) is 5.76 Å². The molecule has 0 bridgehead atoms. The third-order valence-electron chi connectivity index (χ3n) is 4.81. The fourth-order valence-corrected chi connectivity index (χ4v) is 2.79. The van der Waals surface area contributed by atoms with Crippen LogP contribution in [0.15, 0.2) is 10.6 Å². The lowest BCUT2D eigenvalue weighted by atomic mass is 9.80. The van der Waals surface area contributed by atoms with Crippen LogP contribution in [0.1, 0.15) is 83.8 Å². The minimum atomic E-state index is 0.0683. The Morgan fingerprint density at radius 3 is 2.44 bits per heavy atom. The molecule has 1 aliphatic carbocycles. The smallest absolute Gasteiger partial charge is 0.200 e. The third kappa shape index (κ3) is 2.78. The summed E-state index contributed by atoms with van der Waals surface area (Å²) >= 11 is 0. The molecule has 0 aliphatic heterocycles. The van der Waals surface area contributed by atoms with Crippen LogP contribution in [0.2, 0.25) is 0 Å². The molecular weight excluding hydrogens is 222 g/mol.